The number of carboxylic acids is 1. The van der Waals surface area contributed by atoms with Crippen LogP contribution in [0, 0.1) is 0 Å². The highest BCUT2D eigenvalue weighted by molar-refractivity contribution is 6.06. The zero-order valence-corrected chi connectivity index (χ0v) is 12.2. The molecule has 1 aromatic heterocycles. The SMILES string of the molecule is CCc1cc(C(F)(F)F)c2nc(C3CC3)c(O)c(C(=O)O)c2c1. The number of carboxylic acid groups (broad SMARTS) is 1. The van der Waals surface area contributed by atoms with Crippen LogP contribution >= 0.6 is 0 Å². The molecule has 122 valence electrons. The molecule has 4 nitrogen and oxygen atoms in total. The van der Waals surface area contributed by atoms with Gasteiger partial charge in [0.1, 0.15) is 5.56 Å². The van der Waals surface area contributed by atoms with Gasteiger partial charge in [0, 0.05) is 11.3 Å². The Labute approximate surface area is 129 Å². The highest BCUT2D eigenvalue weighted by atomic mass is 19.4. The molecule has 7 heteroatoms. The molecule has 1 fully saturated rings. The van der Waals surface area contributed by atoms with Gasteiger partial charge in [-0.25, -0.2) is 9.78 Å². The lowest BCUT2D eigenvalue weighted by Crippen LogP contribution is -2.11. The molecule has 0 aliphatic heterocycles. The Morgan fingerprint density at radius 1 is 1.35 bits per heavy atom. The van der Waals surface area contributed by atoms with Crippen molar-refractivity contribution < 1.29 is 28.2 Å². The van der Waals surface area contributed by atoms with Crippen molar-refractivity contribution >= 4 is 16.9 Å². The number of hydrogen-bond donors (Lipinski definition) is 2. The van der Waals surface area contributed by atoms with E-state index in [4.69, 9.17) is 0 Å². The van der Waals surface area contributed by atoms with Crippen LogP contribution in [0.2, 0.25) is 0 Å². The summed E-state index contributed by atoms with van der Waals surface area (Å²) >= 11 is 0. The second-order valence-electron chi connectivity index (χ2n) is 5.69. The zero-order chi connectivity index (χ0) is 16.9. The maximum atomic E-state index is 13.4. The lowest BCUT2D eigenvalue weighted by Gasteiger charge is -2.16. The average molecular weight is 325 g/mol. The van der Waals surface area contributed by atoms with Gasteiger partial charge in [0.2, 0.25) is 0 Å². The molecule has 0 amide bonds. The van der Waals surface area contributed by atoms with Gasteiger partial charge in [0.15, 0.2) is 5.75 Å². The molecule has 0 radical (unpaired) electrons. The number of aryl methyl sites for hydroxylation is 1. The van der Waals surface area contributed by atoms with E-state index in [9.17, 15) is 28.2 Å². The van der Waals surface area contributed by atoms with E-state index in [-0.39, 0.29) is 17.0 Å². The van der Waals surface area contributed by atoms with Crippen LogP contribution in [0.3, 0.4) is 0 Å². The molecular formula is C16H14F3NO3. The number of halogens is 3. The Balaban J connectivity index is 2.46. The number of aromatic hydroxyl groups is 1. The predicted molar refractivity (Wildman–Crippen MR) is 76.7 cm³/mol. The van der Waals surface area contributed by atoms with Crippen LogP contribution in [0.15, 0.2) is 12.1 Å². The van der Waals surface area contributed by atoms with Gasteiger partial charge in [-0.1, -0.05) is 6.92 Å². The molecule has 2 aromatic rings. The first kappa shape index (κ1) is 15.6. The third-order valence-corrected chi connectivity index (χ3v) is 4.04. The van der Waals surface area contributed by atoms with E-state index >= 15 is 0 Å². The minimum Gasteiger partial charge on any atom is -0.505 e. The molecule has 2 N–H and O–H groups in total. The van der Waals surface area contributed by atoms with E-state index in [1.165, 1.54) is 6.07 Å². The van der Waals surface area contributed by atoms with Crippen molar-refractivity contribution in [2.45, 2.75) is 38.3 Å². The highest BCUT2D eigenvalue weighted by Gasteiger charge is 2.37. The average Bonchev–Trinajstić information content (AvgIpc) is 3.28. The third-order valence-electron chi connectivity index (χ3n) is 4.04. The van der Waals surface area contributed by atoms with Crippen molar-refractivity contribution in [2.75, 3.05) is 0 Å². The first-order valence-electron chi connectivity index (χ1n) is 7.24. The topological polar surface area (TPSA) is 70.4 Å². The van der Waals surface area contributed by atoms with Crippen LogP contribution in [0.1, 0.15) is 52.9 Å². The molecule has 0 unspecified atom stereocenters. The molecule has 0 atom stereocenters. The summed E-state index contributed by atoms with van der Waals surface area (Å²) in [6.07, 6.45) is -2.98. The van der Waals surface area contributed by atoms with Crippen LogP contribution in [-0.4, -0.2) is 21.2 Å². The van der Waals surface area contributed by atoms with Gasteiger partial charge in [-0.2, -0.15) is 13.2 Å². The van der Waals surface area contributed by atoms with Crippen molar-refractivity contribution in [1.29, 1.82) is 0 Å². The third kappa shape index (κ3) is 2.60. The molecular weight excluding hydrogens is 311 g/mol. The summed E-state index contributed by atoms with van der Waals surface area (Å²) in [6.45, 7) is 1.67. The standard InChI is InChI=1S/C16H14F3NO3/c1-2-7-5-9-11(15(22)23)14(21)12(8-3-4-8)20-13(9)10(6-7)16(17,18)19/h5-6,8,21H,2-4H2,1H3,(H,22,23). The van der Waals surface area contributed by atoms with Crippen LogP contribution in [0.5, 0.6) is 5.75 Å². The summed E-state index contributed by atoms with van der Waals surface area (Å²) in [5.74, 6) is -2.16. The molecule has 1 saturated carbocycles. The van der Waals surface area contributed by atoms with Crippen LogP contribution in [-0.2, 0) is 12.6 Å². The lowest BCUT2D eigenvalue weighted by atomic mass is 9.97. The van der Waals surface area contributed by atoms with Crippen LogP contribution in [0.25, 0.3) is 10.9 Å². The molecule has 1 aliphatic rings. The minimum absolute atomic E-state index is 0.0460. The quantitative estimate of drug-likeness (QED) is 0.891. The first-order valence-corrected chi connectivity index (χ1v) is 7.24. The molecule has 3 rings (SSSR count). The largest absolute Gasteiger partial charge is 0.505 e. The fourth-order valence-electron chi connectivity index (χ4n) is 2.71. The van der Waals surface area contributed by atoms with E-state index in [0.29, 0.717) is 24.8 Å². The second-order valence-corrected chi connectivity index (χ2v) is 5.69. The van der Waals surface area contributed by atoms with E-state index in [2.05, 4.69) is 4.98 Å². The van der Waals surface area contributed by atoms with Gasteiger partial charge in [-0.05, 0) is 37.0 Å². The van der Waals surface area contributed by atoms with Gasteiger partial charge < -0.3 is 10.2 Å². The fraction of sp³-hybridized carbons (Fsp3) is 0.375. The minimum atomic E-state index is -4.65. The Hall–Kier alpha value is -2.31. The second kappa shape index (κ2) is 5.11. The Bertz CT molecular complexity index is 811. The maximum Gasteiger partial charge on any atom is 0.418 e. The summed E-state index contributed by atoms with van der Waals surface area (Å²) < 4.78 is 40.1. The number of alkyl halides is 3. The normalized spacial score (nSPS) is 15.1. The Morgan fingerprint density at radius 3 is 2.48 bits per heavy atom. The van der Waals surface area contributed by atoms with Gasteiger partial charge >= 0.3 is 12.1 Å². The van der Waals surface area contributed by atoms with Gasteiger partial charge in [0.25, 0.3) is 0 Å². The van der Waals surface area contributed by atoms with Gasteiger partial charge in [-0.15, -0.1) is 0 Å². The van der Waals surface area contributed by atoms with Gasteiger partial charge in [0.05, 0.1) is 16.8 Å². The van der Waals surface area contributed by atoms with E-state index < -0.39 is 34.5 Å². The number of hydrogen-bond acceptors (Lipinski definition) is 3. The summed E-state index contributed by atoms with van der Waals surface area (Å²) in [6, 6.07) is 2.35. The van der Waals surface area contributed by atoms with E-state index in [1.54, 1.807) is 6.92 Å². The van der Waals surface area contributed by atoms with E-state index in [1.807, 2.05) is 0 Å². The fourth-order valence-corrected chi connectivity index (χ4v) is 2.71. The first-order chi connectivity index (χ1) is 10.7. The molecule has 1 aliphatic carbocycles. The van der Waals surface area contributed by atoms with Gasteiger partial charge in [-0.3, -0.25) is 0 Å². The summed E-state index contributed by atoms with van der Waals surface area (Å²) in [7, 11) is 0. The molecule has 1 heterocycles. The summed E-state index contributed by atoms with van der Waals surface area (Å²) in [5, 5.41) is 19.4. The molecule has 0 bridgehead atoms. The number of rotatable bonds is 3. The summed E-state index contributed by atoms with van der Waals surface area (Å²) in [4.78, 5) is 15.5. The van der Waals surface area contributed by atoms with Crippen LogP contribution in [0.4, 0.5) is 13.2 Å². The highest BCUT2D eigenvalue weighted by Crippen LogP contribution is 2.47. The lowest BCUT2D eigenvalue weighted by molar-refractivity contribution is -0.136. The maximum absolute atomic E-state index is 13.4. The predicted octanol–water partition coefficient (Wildman–Crippen LogP) is 4.10. The molecule has 1 aromatic carbocycles. The van der Waals surface area contributed by atoms with Crippen molar-refractivity contribution in [3.8, 4) is 5.75 Å². The van der Waals surface area contributed by atoms with Crippen molar-refractivity contribution in [1.82, 2.24) is 4.98 Å². The molecule has 23 heavy (non-hydrogen) atoms. The van der Waals surface area contributed by atoms with Crippen molar-refractivity contribution in [3.63, 3.8) is 0 Å². The number of benzene rings is 1. The van der Waals surface area contributed by atoms with Crippen LogP contribution < -0.4 is 0 Å². The number of pyridine rings is 1. The van der Waals surface area contributed by atoms with E-state index in [0.717, 1.165) is 6.07 Å². The Morgan fingerprint density at radius 2 is 2.00 bits per heavy atom. The number of nitrogens with zero attached hydrogens (tertiary/aromatic N) is 1. The molecule has 0 saturated heterocycles. The van der Waals surface area contributed by atoms with Crippen molar-refractivity contribution in [3.05, 3.63) is 34.5 Å². The summed E-state index contributed by atoms with van der Waals surface area (Å²) in [5.41, 5.74) is -1.49. The smallest absolute Gasteiger partial charge is 0.418 e. The Kier molecular flexibility index (Phi) is 3.46. The zero-order valence-electron chi connectivity index (χ0n) is 12.2. The number of aromatic carboxylic acids is 1. The monoisotopic (exact) mass is 325 g/mol. The van der Waals surface area contributed by atoms with Crippen molar-refractivity contribution in [2.24, 2.45) is 0 Å². The molecule has 0 spiro atoms. The number of fused-ring (bicyclic) bond motifs is 1. The number of carbonyl (C=O) groups is 1. The number of aromatic nitrogens is 1.